The van der Waals surface area contributed by atoms with Crippen LogP contribution < -0.4 is 9.47 Å². The fourth-order valence-electron chi connectivity index (χ4n) is 1.02. The minimum Gasteiger partial charge on any atom is -0.493 e. The maximum Gasteiger partial charge on any atom is 0.198 e. The first-order valence-corrected chi connectivity index (χ1v) is 5.04. The van der Waals surface area contributed by atoms with Gasteiger partial charge in [0.2, 0.25) is 0 Å². The summed E-state index contributed by atoms with van der Waals surface area (Å²) < 4.78 is 24.2. The highest BCUT2D eigenvalue weighted by molar-refractivity contribution is 9.10. The molecule has 0 saturated heterocycles. The van der Waals surface area contributed by atoms with Crippen LogP contribution in [-0.4, -0.2) is 13.2 Å². The summed E-state index contributed by atoms with van der Waals surface area (Å²) in [4.78, 5) is 0. The van der Waals surface area contributed by atoms with Crippen molar-refractivity contribution >= 4 is 15.9 Å². The van der Waals surface area contributed by atoms with Gasteiger partial charge in [-0.15, -0.1) is 0 Å². The molecule has 0 aliphatic heterocycles. The van der Waals surface area contributed by atoms with E-state index >= 15 is 0 Å². The number of hydrogen-bond donors (Lipinski definition) is 0. The van der Waals surface area contributed by atoms with Crippen LogP contribution in [0.1, 0.15) is 13.8 Å². The summed E-state index contributed by atoms with van der Waals surface area (Å²) in [7, 11) is 1.48. The van der Waals surface area contributed by atoms with Gasteiger partial charge in [0.05, 0.1) is 17.7 Å². The monoisotopic (exact) mass is 262 g/mol. The molecule has 0 saturated carbocycles. The molecule has 0 bridgehead atoms. The van der Waals surface area contributed by atoms with Gasteiger partial charge in [-0.05, 0) is 41.9 Å². The second-order valence-corrected chi connectivity index (χ2v) is 3.91. The van der Waals surface area contributed by atoms with Crippen molar-refractivity contribution in [3.05, 3.63) is 22.4 Å². The van der Waals surface area contributed by atoms with E-state index in [4.69, 9.17) is 9.47 Å². The van der Waals surface area contributed by atoms with Gasteiger partial charge in [0.1, 0.15) is 0 Å². The molecule has 2 nitrogen and oxygen atoms in total. The first-order chi connectivity index (χ1) is 6.56. The lowest BCUT2D eigenvalue weighted by molar-refractivity contribution is 0.218. The van der Waals surface area contributed by atoms with Crippen LogP contribution in [-0.2, 0) is 0 Å². The average Bonchev–Trinajstić information content (AvgIpc) is 2.13. The Balaban J connectivity index is 3.14. The summed E-state index contributed by atoms with van der Waals surface area (Å²) in [6.45, 7) is 3.67. The molecule has 0 spiro atoms. The fraction of sp³-hybridized carbons (Fsp3) is 0.400. The molecule has 0 amide bonds. The van der Waals surface area contributed by atoms with E-state index in [2.05, 4.69) is 15.9 Å². The molecule has 4 heteroatoms. The molecular weight excluding hydrogens is 251 g/mol. The van der Waals surface area contributed by atoms with Gasteiger partial charge in [-0.3, -0.25) is 0 Å². The van der Waals surface area contributed by atoms with Crippen LogP contribution in [0.15, 0.2) is 16.6 Å². The molecule has 0 heterocycles. The summed E-state index contributed by atoms with van der Waals surface area (Å²) in [5, 5.41) is 0. The number of halogens is 2. The third kappa shape index (κ3) is 2.38. The molecule has 1 aromatic rings. The Morgan fingerprint density at radius 1 is 1.36 bits per heavy atom. The molecule has 1 aromatic carbocycles. The molecule has 0 aromatic heterocycles. The summed E-state index contributed by atoms with van der Waals surface area (Å²) in [5.74, 6) is 0.120. The Morgan fingerprint density at radius 3 is 2.50 bits per heavy atom. The van der Waals surface area contributed by atoms with Gasteiger partial charge in [0.25, 0.3) is 0 Å². The summed E-state index contributed by atoms with van der Waals surface area (Å²) >= 11 is 3.09. The molecule has 0 aliphatic rings. The van der Waals surface area contributed by atoms with Crippen molar-refractivity contribution in [3.8, 4) is 11.5 Å². The SMILES string of the molecule is COc1ccc(Br)c(F)c1OC(C)C. The van der Waals surface area contributed by atoms with Crippen molar-refractivity contribution in [3.63, 3.8) is 0 Å². The largest absolute Gasteiger partial charge is 0.493 e. The molecule has 0 N–H and O–H groups in total. The second kappa shape index (κ2) is 4.64. The molecular formula is C10H12BrFO2. The van der Waals surface area contributed by atoms with Gasteiger partial charge in [-0.25, -0.2) is 4.39 Å². The standard InChI is InChI=1S/C10H12BrFO2/c1-6(2)14-10-8(13-3)5-4-7(11)9(10)12/h4-6H,1-3H3. The van der Waals surface area contributed by atoms with Crippen molar-refractivity contribution in [2.24, 2.45) is 0 Å². The maximum atomic E-state index is 13.6. The number of hydrogen-bond acceptors (Lipinski definition) is 2. The Kier molecular flexibility index (Phi) is 3.75. The average molecular weight is 263 g/mol. The summed E-state index contributed by atoms with van der Waals surface area (Å²) in [6.07, 6.45) is -0.0901. The van der Waals surface area contributed by atoms with Crippen LogP contribution in [0.25, 0.3) is 0 Å². The highest BCUT2D eigenvalue weighted by atomic mass is 79.9. The van der Waals surface area contributed by atoms with Gasteiger partial charge in [-0.2, -0.15) is 0 Å². The van der Waals surface area contributed by atoms with Crippen LogP contribution in [0.5, 0.6) is 11.5 Å². The van der Waals surface area contributed by atoms with E-state index in [0.717, 1.165) is 0 Å². The normalized spacial score (nSPS) is 10.4. The first-order valence-electron chi connectivity index (χ1n) is 4.25. The molecule has 0 radical (unpaired) electrons. The highest BCUT2D eigenvalue weighted by Gasteiger charge is 2.15. The number of methoxy groups -OCH3 is 1. The molecule has 78 valence electrons. The number of rotatable bonds is 3. The zero-order chi connectivity index (χ0) is 10.7. The zero-order valence-corrected chi connectivity index (χ0v) is 9.89. The Hall–Kier alpha value is -0.770. The predicted molar refractivity (Wildman–Crippen MR) is 56.4 cm³/mol. The zero-order valence-electron chi connectivity index (χ0n) is 8.30. The first kappa shape index (κ1) is 11.3. The molecule has 0 atom stereocenters. The van der Waals surface area contributed by atoms with Gasteiger partial charge in [-0.1, -0.05) is 0 Å². The van der Waals surface area contributed by atoms with E-state index < -0.39 is 5.82 Å². The lowest BCUT2D eigenvalue weighted by Gasteiger charge is -2.14. The lowest BCUT2D eigenvalue weighted by Crippen LogP contribution is -2.08. The van der Waals surface area contributed by atoms with E-state index in [1.165, 1.54) is 7.11 Å². The minimum atomic E-state index is -0.432. The molecule has 0 fully saturated rings. The van der Waals surface area contributed by atoms with Crippen LogP contribution in [0, 0.1) is 5.82 Å². The second-order valence-electron chi connectivity index (χ2n) is 3.06. The van der Waals surface area contributed by atoms with Crippen molar-refractivity contribution in [1.82, 2.24) is 0 Å². The molecule has 1 rings (SSSR count). The van der Waals surface area contributed by atoms with E-state index in [0.29, 0.717) is 10.2 Å². The predicted octanol–water partition coefficient (Wildman–Crippen LogP) is 3.38. The van der Waals surface area contributed by atoms with Gasteiger partial charge in [0.15, 0.2) is 17.3 Å². The van der Waals surface area contributed by atoms with E-state index in [-0.39, 0.29) is 11.9 Å². The maximum absolute atomic E-state index is 13.6. The van der Waals surface area contributed by atoms with E-state index in [9.17, 15) is 4.39 Å². The fourth-order valence-corrected chi connectivity index (χ4v) is 1.33. The van der Waals surface area contributed by atoms with Crippen LogP contribution >= 0.6 is 15.9 Å². The smallest absolute Gasteiger partial charge is 0.198 e. The number of ether oxygens (including phenoxy) is 2. The van der Waals surface area contributed by atoms with Gasteiger partial charge >= 0.3 is 0 Å². The summed E-state index contributed by atoms with van der Waals surface area (Å²) in [5.41, 5.74) is 0. The van der Waals surface area contributed by atoms with Crippen LogP contribution in [0.4, 0.5) is 4.39 Å². The van der Waals surface area contributed by atoms with Crippen LogP contribution in [0.3, 0.4) is 0 Å². The topological polar surface area (TPSA) is 18.5 Å². The lowest BCUT2D eigenvalue weighted by atomic mass is 10.3. The van der Waals surface area contributed by atoms with E-state index in [1.54, 1.807) is 12.1 Å². The quantitative estimate of drug-likeness (QED) is 0.832. The molecule has 0 aliphatic carbocycles. The Bertz CT molecular complexity index is 326. The highest BCUT2D eigenvalue weighted by Crippen LogP contribution is 2.35. The Labute approximate surface area is 91.2 Å². The molecule has 0 unspecified atom stereocenters. The van der Waals surface area contributed by atoms with Crippen molar-refractivity contribution in [2.45, 2.75) is 20.0 Å². The van der Waals surface area contributed by atoms with Crippen molar-refractivity contribution < 1.29 is 13.9 Å². The summed E-state index contributed by atoms with van der Waals surface area (Å²) in [6, 6.07) is 3.24. The van der Waals surface area contributed by atoms with E-state index in [1.807, 2.05) is 13.8 Å². The third-order valence-corrected chi connectivity index (χ3v) is 2.20. The minimum absolute atomic E-state index is 0.0901. The molecule has 14 heavy (non-hydrogen) atoms. The van der Waals surface area contributed by atoms with Gasteiger partial charge < -0.3 is 9.47 Å². The Morgan fingerprint density at radius 2 is 2.00 bits per heavy atom. The third-order valence-electron chi connectivity index (χ3n) is 1.59. The van der Waals surface area contributed by atoms with Crippen LogP contribution in [0.2, 0.25) is 0 Å². The van der Waals surface area contributed by atoms with Crippen molar-refractivity contribution in [1.29, 1.82) is 0 Å². The van der Waals surface area contributed by atoms with Crippen molar-refractivity contribution in [2.75, 3.05) is 7.11 Å². The van der Waals surface area contributed by atoms with Gasteiger partial charge in [0, 0.05) is 0 Å². The number of benzene rings is 1.